The molecule has 5 N–H and O–H groups in total. The first-order valence-corrected chi connectivity index (χ1v) is 7.11. The van der Waals surface area contributed by atoms with Gasteiger partial charge in [0.2, 0.25) is 0 Å². The van der Waals surface area contributed by atoms with Gasteiger partial charge in [0.05, 0.1) is 5.69 Å². The Morgan fingerprint density at radius 2 is 2.20 bits per heavy atom. The molecule has 0 spiro atoms. The summed E-state index contributed by atoms with van der Waals surface area (Å²) in [5.74, 6) is 0.567. The molecule has 2 heterocycles. The van der Waals surface area contributed by atoms with Gasteiger partial charge in [0, 0.05) is 17.6 Å². The highest BCUT2D eigenvalue weighted by atomic mass is 15.2. The lowest BCUT2D eigenvalue weighted by Crippen LogP contribution is -2.31. The lowest BCUT2D eigenvalue weighted by Gasteiger charge is -2.31. The summed E-state index contributed by atoms with van der Waals surface area (Å²) in [6, 6.07) is 2.36. The van der Waals surface area contributed by atoms with Crippen LogP contribution < -0.4 is 11.1 Å². The van der Waals surface area contributed by atoms with Gasteiger partial charge in [-0.2, -0.15) is 0 Å². The molecule has 0 bridgehead atoms. The van der Waals surface area contributed by atoms with Crippen LogP contribution in [0, 0.1) is 11.3 Å². The average molecular weight is 272 g/mol. The van der Waals surface area contributed by atoms with Crippen LogP contribution >= 0.6 is 0 Å². The second kappa shape index (κ2) is 5.11. The van der Waals surface area contributed by atoms with Crippen LogP contribution in [-0.4, -0.2) is 27.1 Å². The van der Waals surface area contributed by atoms with Crippen molar-refractivity contribution in [2.75, 3.05) is 5.32 Å². The van der Waals surface area contributed by atoms with Crippen LogP contribution in [-0.2, 0) is 0 Å². The van der Waals surface area contributed by atoms with E-state index in [9.17, 15) is 0 Å². The van der Waals surface area contributed by atoms with Gasteiger partial charge in [0.1, 0.15) is 5.84 Å². The van der Waals surface area contributed by atoms with Crippen molar-refractivity contribution in [3.05, 3.63) is 18.0 Å². The Labute approximate surface area is 117 Å². The molecule has 1 fully saturated rings. The van der Waals surface area contributed by atoms with Crippen molar-refractivity contribution in [2.24, 2.45) is 11.7 Å². The number of anilines is 1. The maximum Gasteiger partial charge on any atom is 0.162 e. The number of nitrogen functional groups attached to an aromatic ring is 1. The minimum absolute atomic E-state index is 0.0495. The minimum atomic E-state index is -0.0495. The Bertz CT molecular complexity index is 632. The fraction of sp³-hybridized carbons (Fsp3) is 0.500. The molecule has 3 rings (SSSR count). The van der Waals surface area contributed by atoms with Gasteiger partial charge in [-0.3, -0.25) is 5.41 Å². The van der Waals surface area contributed by atoms with Crippen LogP contribution in [0.3, 0.4) is 0 Å². The number of fused-ring (bicyclic) bond motifs is 1. The number of H-pyrrole nitrogens is 1. The summed E-state index contributed by atoms with van der Waals surface area (Å²) in [4.78, 5) is 3.05. The zero-order valence-electron chi connectivity index (χ0n) is 11.6. The molecule has 6 nitrogen and oxygen atoms in total. The van der Waals surface area contributed by atoms with E-state index in [1.54, 1.807) is 0 Å². The number of nitrogens with zero attached hydrogens (tertiary/aromatic N) is 2. The van der Waals surface area contributed by atoms with Gasteiger partial charge in [-0.05, 0) is 24.8 Å². The zero-order chi connectivity index (χ0) is 14.1. The predicted octanol–water partition coefficient (Wildman–Crippen LogP) is 2.23. The number of aromatic amines is 1. The third kappa shape index (κ3) is 2.21. The van der Waals surface area contributed by atoms with E-state index in [4.69, 9.17) is 11.1 Å². The van der Waals surface area contributed by atoms with Crippen molar-refractivity contribution in [3.63, 3.8) is 0 Å². The smallest absolute Gasteiger partial charge is 0.162 e. The molecule has 0 unspecified atom stereocenters. The van der Waals surface area contributed by atoms with E-state index >= 15 is 0 Å². The quantitative estimate of drug-likeness (QED) is 0.508. The summed E-state index contributed by atoms with van der Waals surface area (Å²) in [5.41, 5.74) is 7.64. The number of nitrogens with one attached hydrogen (secondary N) is 3. The molecule has 0 amide bonds. The van der Waals surface area contributed by atoms with E-state index < -0.39 is 0 Å². The van der Waals surface area contributed by atoms with Crippen LogP contribution in [0.2, 0.25) is 0 Å². The Hall–Kier alpha value is -2.11. The molecule has 1 saturated carbocycles. The van der Waals surface area contributed by atoms with E-state index in [-0.39, 0.29) is 5.84 Å². The van der Waals surface area contributed by atoms with Crippen LogP contribution in [0.4, 0.5) is 5.69 Å². The molecule has 2 aromatic rings. The fourth-order valence-electron chi connectivity index (χ4n) is 2.97. The van der Waals surface area contributed by atoms with Gasteiger partial charge in [-0.25, -0.2) is 0 Å². The topological polar surface area (TPSA) is 103 Å². The maximum atomic E-state index is 7.70. The highest BCUT2D eigenvalue weighted by Crippen LogP contribution is 2.30. The Balaban J connectivity index is 2.01. The number of rotatable bonds is 3. The van der Waals surface area contributed by atoms with Gasteiger partial charge in [-0.15, -0.1) is 10.2 Å². The van der Waals surface area contributed by atoms with E-state index in [2.05, 4.69) is 27.4 Å². The summed E-state index contributed by atoms with van der Waals surface area (Å²) < 4.78 is 0. The first kappa shape index (κ1) is 12.9. The van der Waals surface area contributed by atoms with E-state index in [1.807, 2.05) is 12.3 Å². The van der Waals surface area contributed by atoms with Crippen molar-refractivity contribution in [3.8, 4) is 0 Å². The summed E-state index contributed by atoms with van der Waals surface area (Å²) in [6.45, 7) is 2.27. The van der Waals surface area contributed by atoms with E-state index in [0.717, 1.165) is 23.1 Å². The molecule has 2 aromatic heterocycles. The highest BCUT2D eigenvalue weighted by Gasteiger charge is 2.24. The van der Waals surface area contributed by atoms with Gasteiger partial charge in [0.15, 0.2) is 11.3 Å². The molecule has 2 atom stereocenters. The predicted molar refractivity (Wildman–Crippen MR) is 79.9 cm³/mol. The van der Waals surface area contributed by atoms with Crippen LogP contribution in [0.1, 0.15) is 38.3 Å². The SMILES string of the molecule is C[C@H]1CCCC[C@H]1Nc1c(C(=N)N)nnc2[nH]ccc12. The first-order chi connectivity index (χ1) is 9.66. The lowest BCUT2D eigenvalue weighted by molar-refractivity contribution is 0.349. The van der Waals surface area contributed by atoms with E-state index in [1.165, 1.54) is 19.3 Å². The van der Waals surface area contributed by atoms with Gasteiger partial charge < -0.3 is 16.0 Å². The van der Waals surface area contributed by atoms with Gasteiger partial charge >= 0.3 is 0 Å². The third-order valence-electron chi connectivity index (χ3n) is 4.18. The van der Waals surface area contributed by atoms with Crippen molar-refractivity contribution < 1.29 is 0 Å². The molecule has 0 aliphatic heterocycles. The highest BCUT2D eigenvalue weighted by molar-refractivity contribution is 6.05. The Morgan fingerprint density at radius 1 is 1.40 bits per heavy atom. The summed E-state index contributed by atoms with van der Waals surface area (Å²) in [5, 5.41) is 20.4. The standard InChI is InChI=1S/C14H20N6/c1-8-4-2-3-5-10(8)18-11-9-6-7-17-14(9)20-19-12(11)13(15)16/h6-8,10H,2-5H2,1H3,(H3,15,16)(H2,17,18,20)/t8-,10+/m0/s1. The van der Waals surface area contributed by atoms with Crippen molar-refractivity contribution in [2.45, 2.75) is 38.6 Å². The van der Waals surface area contributed by atoms with Gasteiger partial charge in [0.25, 0.3) is 0 Å². The maximum absolute atomic E-state index is 7.70. The Kier molecular flexibility index (Phi) is 3.30. The van der Waals surface area contributed by atoms with Crippen LogP contribution in [0.5, 0.6) is 0 Å². The molecule has 0 saturated heterocycles. The zero-order valence-corrected chi connectivity index (χ0v) is 11.6. The van der Waals surface area contributed by atoms with Crippen molar-refractivity contribution in [1.29, 1.82) is 5.41 Å². The molecular weight excluding hydrogens is 252 g/mol. The average Bonchev–Trinajstić information content (AvgIpc) is 2.90. The van der Waals surface area contributed by atoms with Crippen LogP contribution in [0.15, 0.2) is 12.3 Å². The number of amidine groups is 1. The molecule has 0 radical (unpaired) electrons. The van der Waals surface area contributed by atoms with Crippen LogP contribution in [0.25, 0.3) is 11.0 Å². The first-order valence-electron chi connectivity index (χ1n) is 7.11. The second-order valence-corrected chi connectivity index (χ2v) is 5.59. The molecular formula is C14H20N6. The number of hydrogen-bond acceptors (Lipinski definition) is 4. The minimum Gasteiger partial charge on any atom is -0.382 e. The van der Waals surface area contributed by atoms with Gasteiger partial charge in [-0.1, -0.05) is 19.8 Å². The van der Waals surface area contributed by atoms with Crippen molar-refractivity contribution in [1.82, 2.24) is 15.2 Å². The molecule has 106 valence electrons. The molecule has 6 heteroatoms. The normalized spacial score (nSPS) is 22.9. The molecule has 1 aliphatic rings. The third-order valence-corrected chi connectivity index (χ3v) is 4.18. The lowest BCUT2D eigenvalue weighted by atomic mass is 9.85. The monoisotopic (exact) mass is 272 g/mol. The summed E-state index contributed by atoms with van der Waals surface area (Å²) >= 11 is 0. The molecule has 0 aromatic carbocycles. The summed E-state index contributed by atoms with van der Waals surface area (Å²) in [7, 11) is 0. The second-order valence-electron chi connectivity index (χ2n) is 5.59. The number of nitrogens with two attached hydrogens (primary N) is 1. The largest absolute Gasteiger partial charge is 0.382 e. The summed E-state index contributed by atoms with van der Waals surface area (Å²) in [6.07, 6.45) is 6.76. The number of hydrogen-bond donors (Lipinski definition) is 4. The fourth-order valence-corrected chi connectivity index (χ4v) is 2.97. The Morgan fingerprint density at radius 3 is 2.95 bits per heavy atom. The molecule has 20 heavy (non-hydrogen) atoms. The van der Waals surface area contributed by atoms with E-state index in [0.29, 0.717) is 17.7 Å². The molecule has 1 aliphatic carbocycles. The number of aromatic nitrogens is 3. The van der Waals surface area contributed by atoms with Crippen molar-refractivity contribution >= 4 is 22.6 Å².